The molecule has 0 aliphatic carbocycles. The summed E-state index contributed by atoms with van der Waals surface area (Å²) < 4.78 is 19.8. The van der Waals surface area contributed by atoms with Gasteiger partial charge < -0.3 is 9.87 Å². The topological polar surface area (TPSA) is 66.4 Å². The molecular formula is C20H33NO3S. The molecule has 4 nitrogen and oxygen atoms in total. The van der Waals surface area contributed by atoms with Crippen LogP contribution in [0.4, 0.5) is 5.69 Å². The van der Waals surface area contributed by atoms with E-state index in [1.807, 2.05) is 0 Å². The van der Waals surface area contributed by atoms with Crippen LogP contribution in [0, 0.1) is 0 Å². The van der Waals surface area contributed by atoms with E-state index in [1.54, 1.807) is 24.3 Å². The van der Waals surface area contributed by atoms with Crippen LogP contribution in [0.1, 0.15) is 84.0 Å². The van der Waals surface area contributed by atoms with Gasteiger partial charge in [0.15, 0.2) is 11.1 Å². The second-order valence-corrected chi connectivity index (χ2v) is 7.58. The minimum Gasteiger partial charge on any atom is -0.326 e. The molecule has 0 radical (unpaired) electrons. The molecule has 1 aromatic carbocycles. The Morgan fingerprint density at radius 1 is 0.880 bits per heavy atom. The van der Waals surface area contributed by atoms with Gasteiger partial charge in [0.2, 0.25) is 5.91 Å². The molecule has 1 atom stereocenters. The number of unbranched alkanes of at least 4 members (excludes halogenated alkanes) is 10. The van der Waals surface area contributed by atoms with Crippen molar-refractivity contribution in [3.63, 3.8) is 0 Å². The van der Waals surface area contributed by atoms with Crippen LogP contribution in [-0.4, -0.2) is 14.7 Å². The van der Waals surface area contributed by atoms with Gasteiger partial charge in [-0.05, 0) is 30.7 Å². The van der Waals surface area contributed by atoms with Crippen molar-refractivity contribution in [1.82, 2.24) is 0 Å². The van der Waals surface area contributed by atoms with Crippen molar-refractivity contribution < 1.29 is 13.6 Å². The molecule has 0 saturated heterocycles. The fourth-order valence-corrected chi connectivity index (χ4v) is 3.20. The number of carbonyl (C=O) groups excluding carboxylic acids is 1. The van der Waals surface area contributed by atoms with Crippen molar-refractivity contribution in [2.75, 3.05) is 5.32 Å². The Morgan fingerprint density at radius 3 is 1.84 bits per heavy atom. The van der Waals surface area contributed by atoms with Crippen LogP contribution in [0.15, 0.2) is 29.2 Å². The lowest BCUT2D eigenvalue weighted by atomic mass is 10.1. The number of hydrogen-bond acceptors (Lipinski definition) is 2. The Hall–Kier alpha value is -1.20. The van der Waals surface area contributed by atoms with E-state index in [1.165, 1.54) is 57.8 Å². The van der Waals surface area contributed by atoms with Gasteiger partial charge in [0.05, 0.1) is 4.90 Å². The zero-order valence-electron chi connectivity index (χ0n) is 15.5. The van der Waals surface area contributed by atoms with Crippen molar-refractivity contribution in [3.8, 4) is 0 Å². The largest absolute Gasteiger partial charge is 0.326 e. The van der Waals surface area contributed by atoms with Crippen molar-refractivity contribution in [2.24, 2.45) is 0 Å². The van der Waals surface area contributed by atoms with E-state index >= 15 is 0 Å². The quantitative estimate of drug-likeness (QED) is 0.317. The summed E-state index contributed by atoms with van der Waals surface area (Å²) in [6.07, 6.45) is 14.5. The highest BCUT2D eigenvalue weighted by atomic mass is 32.2. The maximum atomic E-state index is 11.9. The Morgan fingerprint density at radius 2 is 1.36 bits per heavy atom. The molecule has 0 saturated carbocycles. The first-order chi connectivity index (χ1) is 12.1. The lowest BCUT2D eigenvalue weighted by Gasteiger charge is -2.06. The fourth-order valence-electron chi connectivity index (χ4n) is 2.83. The third kappa shape index (κ3) is 11.1. The van der Waals surface area contributed by atoms with E-state index in [2.05, 4.69) is 12.2 Å². The monoisotopic (exact) mass is 367 g/mol. The molecule has 2 N–H and O–H groups in total. The van der Waals surface area contributed by atoms with Gasteiger partial charge in [0, 0.05) is 12.1 Å². The number of anilines is 1. The Bertz CT molecular complexity index is 502. The first-order valence-corrected chi connectivity index (χ1v) is 10.7. The van der Waals surface area contributed by atoms with E-state index in [4.69, 9.17) is 4.55 Å². The van der Waals surface area contributed by atoms with E-state index < -0.39 is 11.1 Å². The van der Waals surface area contributed by atoms with Gasteiger partial charge in [-0.2, -0.15) is 0 Å². The normalized spacial score (nSPS) is 12.1. The molecule has 0 bridgehead atoms. The fraction of sp³-hybridized carbons (Fsp3) is 0.650. The molecule has 5 heteroatoms. The van der Waals surface area contributed by atoms with Crippen molar-refractivity contribution in [3.05, 3.63) is 24.3 Å². The van der Waals surface area contributed by atoms with Gasteiger partial charge >= 0.3 is 0 Å². The van der Waals surface area contributed by atoms with Crippen LogP contribution < -0.4 is 5.32 Å². The first kappa shape index (κ1) is 21.8. The van der Waals surface area contributed by atoms with Crippen LogP contribution in [-0.2, 0) is 15.9 Å². The third-order valence-electron chi connectivity index (χ3n) is 4.35. The molecule has 0 spiro atoms. The van der Waals surface area contributed by atoms with Gasteiger partial charge in [0.1, 0.15) is 0 Å². The van der Waals surface area contributed by atoms with E-state index in [-0.39, 0.29) is 5.91 Å². The minimum atomic E-state index is -1.98. The zero-order valence-corrected chi connectivity index (χ0v) is 16.3. The van der Waals surface area contributed by atoms with E-state index in [0.29, 0.717) is 17.0 Å². The highest BCUT2D eigenvalue weighted by Crippen LogP contribution is 2.14. The smallest absolute Gasteiger partial charge is 0.224 e. The van der Waals surface area contributed by atoms with Crippen molar-refractivity contribution in [1.29, 1.82) is 0 Å². The molecule has 0 heterocycles. The Labute approximate surface area is 155 Å². The molecule has 1 amide bonds. The molecule has 0 aliphatic heterocycles. The predicted molar refractivity (Wildman–Crippen MR) is 105 cm³/mol. The number of carbonyl (C=O) groups is 1. The first-order valence-electron chi connectivity index (χ1n) is 9.64. The van der Waals surface area contributed by atoms with Crippen molar-refractivity contribution in [2.45, 2.75) is 88.9 Å². The Kier molecular flexibility index (Phi) is 12.2. The average molecular weight is 368 g/mol. The number of hydrogen-bond donors (Lipinski definition) is 2. The summed E-state index contributed by atoms with van der Waals surface area (Å²) in [5.41, 5.74) is 0.669. The zero-order chi connectivity index (χ0) is 18.3. The molecule has 1 aromatic rings. The van der Waals surface area contributed by atoms with E-state index in [0.717, 1.165) is 12.8 Å². The summed E-state index contributed by atoms with van der Waals surface area (Å²) in [6, 6.07) is 6.41. The molecule has 0 aliphatic rings. The second-order valence-electron chi connectivity index (χ2n) is 6.61. The summed E-state index contributed by atoms with van der Waals surface area (Å²) in [7, 11) is 0. The van der Waals surface area contributed by atoms with Gasteiger partial charge in [-0.15, -0.1) is 0 Å². The molecule has 142 valence electrons. The molecular weight excluding hydrogens is 334 g/mol. The molecule has 25 heavy (non-hydrogen) atoms. The second kappa shape index (κ2) is 14.0. The molecule has 0 aromatic heterocycles. The van der Waals surface area contributed by atoms with Gasteiger partial charge in [-0.3, -0.25) is 4.79 Å². The van der Waals surface area contributed by atoms with Crippen LogP contribution in [0.2, 0.25) is 0 Å². The predicted octanol–water partition coefficient (Wildman–Crippen LogP) is 5.91. The summed E-state index contributed by atoms with van der Waals surface area (Å²) in [6.45, 7) is 2.25. The molecule has 0 fully saturated rings. The summed E-state index contributed by atoms with van der Waals surface area (Å²) in [5, 5.41) is 2.82. The lowest BCUT2D eigenvalue weighted by Crippen LogP contribution is -2.11. The van der Waals surface area contributed by atoms with Gasteiger partial charge in [-0.25, -0.2) is 4.21 Å². The summed E-state index contributed by atoms with van der Waals surface area (Å²) in [5.74, 6) is 0.00814. The van der Waals surface area contributed by atoms with Gasteiger partial charge in [0.25, 0.3) is 0 Å². The highest BCUT2D eigenvalue weighted by Gasteiger charge is 2.04. The van der Waals surface area contributed by atoms with Crippen LogP contribution >= 0.6 is 0 Å². The highest BCUT2D eigenvalue weighted by molar-refractivity contribution is 7.79. The maximum Gasteiger partial charge on any atom is 0.224 e. The standard InChI is InChI=1S/C20H33NO3S/c1-2-3-4-5-6-7-8-9-10-11-12-13-20(22)21-18-14-16-19(17-15-18)25(23)24/h14-17H,2-13H2,1H3,(H,21,22)(H,23,24). The van der Waals surface area contributed by atoms with Crippen LogP contribution in [0.25, 0.3) is 0 Å². The van der Waals surface area contributed by atoms with Gasteiger partial charge in [-0.1, -0.05) is 71.1 Å². The lowest BCUT2D eigenvalue weighted by molar-refractivity contribution is -0.116. The molecule has 1 unspecified atom stereocenters. The number of amides is 1. The molecule has 1 rings (SSSR count). The Balaban J connectivity index is 1.99. The number of rotatable bonds is 14. The van der Waals surface area contributed by atoms with Crippen molar-refractivity contribution >= 4 is 22.7 Å². The minimum absolute atomic E-state index is 0.00814. The van der Waals surface area contributed by atoms with Crippen LogP contribution in [0.5, 0.6) is 0 Å². The summed E-state index contributed by atoms with van der Waals surface area (Å²) >= 11 is -1.98. The SMILES string of the molecule is CCCCCCCCCCCCCC(=O)Nc1ccc(S(=O)O)cc1. The number of benzene rings is 1. The van der Waals surface area contributed by atoms with E-state index in [9.17, 15) is 9.00 Å². The summed E-state index contributed by atoms with van der Waals surface area (Å²) in [4.78, 5) is 12.2. The maximum absolute atomic E-state index is 11.9. The van der Waals surface area contributed by atoms with Crippen LogP contribution in [0.3, 0.4) is 0 Å². The average Bonchev–Trinajstić information content (AvgIpc) is 2.60. The number of nitrogens with one attached hydrogen (secondary N) is 1. The third-order valence-corrected chi connectivity index (χ3v) is 5.02.